The number of carbonyl (C=O) groups is 1. The number of nitrogens with one attached hydrogen (secondary N) is 2. The number of aromatic amines is 1. The molecule has 0 bridgehead atoms. The van der Waals surface area contributed by atoms with Crippen molar-refractivity contribution in [2.24, 2.45) is 0 Å². The molecule has 0 saturated heterocycles. The Bertz CT molecular complexity index is 780. The molecule has 0 radical (unpaired) electrons. The van der Waals surface area contributed by atoms with Crippen LogP contribution in [0.25, 0.3) is 10.9 Å². The molecule has 0 atom stereocenters. The van der Waals surface area contributed by atoms with E-state index in [-0.39, 0.29) is 5.91 Å². The fourth-order valence-corrected chi connectivity index (χ4v) is 2.21. The van der Waals surface area contributed by atoms with Crippen molar-refractivity contribution in [3.8, 4) is 0 Å². The van der Waals surface area contributed by atoms with Gasteiger partial charge in [0.15, 0.2) is 5.82 Å². The Labute approximate surface area is 121 Å². The van der Waals surface area contributed by atoms with Crippen LogP contribution in [0.3, 0.4) is 0 Å². The third-order valence-electron chi connectivity index (χ3n) is 3.20. The Morgan fingerprint density at radius 1 is 1.24 bits per heavy atom. The lowest BCUT2D eigenvalue weighted by molar-refractivity contribution is 0.102. The number of nitrogens with zero attached hydrogens (tertiary/aromatic N) is 1. The summed E-state index contributed by atoms with van der Waals surface area (Å²) in [6, 6.07) is 15.0. The number of anilines is 1. The van der Waals surface area contributed by atoms with Crippen LogP contribution in [0.2, 0.25) is 0 Å². The number of hydrogen-bond donors (Lipinski definition) is 2. The van der Waals surface area contributed by atoms with E-state index >= 15 is 0 Å². The third kappa shape index (κ3) is 2.78. The van der Waals surface area contributed by atoms with E-state index in [2.05, 4.69) is 15.5 Å². The summed E-state index contributed by atoms with van der Waals surface area (Å²) >= 11 is 0. The van der Waals surface area contributed by atoms with Crippen LogP contribution < -0.4 is 5.32 Å². The maximum absolute atomic E-state index is 12.3. The van der Waals surface area contributed by atoms with E-state index in [1.54, 1.807) is 13.2 Å². The number of methoxy groups -OCH3 is 1. The highest BCUT2D eigenvalue weighted by Gasteiger charge is 2.11. The second-order valence-electron chi connectivity index (χ2n) is 4.71. The van der Waals surface area contributed by atoms with Crippen LogP contribution >= 0.6 is 0 Å². The first-order chi connectivity index (χ1) is 10.3. The van der Waals surface area contributed by atoms with Crippen molar-refractivity contribution in [1.29, 1.82) is 0 Å². The molecule has 0 spiro atoms. The van der Waals surface area contributed by atoms with E-state index in [4.69, 9.17) is 4.74 Å². The molecule has 1 heterocycles. The van der Waals surface area contributed by atoms with Gasteiger partial charge in [0.05, 0.1) is 12.1 Å². The number of aromatic nitrogens is 2. The van der Waals surface area contributed by atoms with E-state index in [1.165, 1.54) is 0 Å². The lowest BCUT2D eigenvalue weighted by Crippen LogP contribution is -2.12. The van der Waals surface area contributed by atoms with Crippen LogP contribution in [-0.4, -0.2) is 23.2 Å². The van der Waals surface area contributed by atoms with E-state index in [1.807, 2.05) is 42.5 Å². The minimum atomic E-state index is -0.190. The van der Waals surface area contributed by atoms with Gasteiger partial charge >= 0.3 is 0 Å². The summed E-state index contributed by atoms with van der Waals surface area (Å²) in [4.78, 5) is 12.3. The summed E-state index contributed by atoms with van der Waals surface area (Å²) in [5, 5.41) is 10.7. The van der Waals surface area contributed by atoms with Gasteiger partial charge in [0.1, 0.15) is 0 Å². The van der Waals surface area contributed by atoms with Crippen LogP contribution in [0.4, 0.5) is 5.82 Å². The highest BCUT2D eigenvalue weighted by atomic mass is 16.5. The van der Waals surface area contributed by atoms with E-state index in [0.717, 1.165) is 16.5 Å². The molecule has 2 N–H and O–H groups in total. The van der Waals surface area contributed by atoms with Crippen molar-refractivity contribution in [3.63, 3.8) is 0 Å². The van der Waals surface area contributed by atoms with Crippen molar-refractivity contribution in [1.82, 2.24) is 10.2 Å². The number of benzene rings is 2. The van der Waals surface area contributed by atoms with Crippen LogP contribution in [0.15, 0.2) is 48.5 Å². The largest absolute Gasteiger partial charge is 0.380 e. The smallest absolute Gasteiger partial charge is 0.256 e. The normalized spacial score (nSPS) is 10.7. The zero-order chi connectivity index (χ0) is 14.7. The molecule has 3 rings (SSSR count). The summed E-state index contributed by atoms with van der Waals surface area (Å²) in [7, 11) is 1.63. The third-order valence-corrected chi connectivity index (χ3v) is 3.20. The van der Waals surface area contributed by atoms with Gasteiger partial charge in [-0.05, 0) is 29.8 Å². The first-order valence-electron chi connectivity index (χ1n) is 6.60. The second-order valence-corrected chi connectivity index (χ2v) is 4.71. The van der Waals surface area contributed by atoms with E-state index < -0.39 is 0 Å². The van der Waals surface area contributed by atoms with Gasteiger partial charge in [-0.15, -0.1) is 0 Å². The highest BCUT2D eigenvalue weighted by molar-refractivity contribution is 6.07. The Morgan fingerprint density at radius 3 is 2.95 bits per heavy atom. The Kier molecular flexibility index (Phi) is 3.66. The first-order valence-corrected chi connectivity index (χ1v) is 6.60. The minimum Gasteiger partial charge on any atom is -0.380 e. The summed E-state index contributed by atoms with van der Waals surface area (Å²) in [6.45, 7) is 0.479. The summed E-state index contributed by atoms with van der Waals surface area (Å²) in [5.74, 6) is 0.345. The average Bonchev–Trinajstić information content (AvgIpc) is 2.91. The topological polar surface area (TPSA) is 67.0 Å². The van der Waals surface area contributed by atoms with Gasteiger partial charge in [0, 0.05) is 18.1 Å². The summed E-state index contributed by atoms with van der Waals surface area (Å²) < 4.78 is 5.08. The summed E-state index contributed by atoms with van der Waals surface area (Å²) in [6.07, 6.45) is 0. The Morgan fingerprint density at radius 2 is 2.10 bits per heavy atom. The van der Waals surface area contributed by atoms with Gasteiger partial charge in [-0.2, -0.15) is 5.10 Å². The molecule has 0 aliphatic heterocycles. The van der Waals surface area contributed by atoms with Gasteiger partial charge in [-0.3, -0.25) is 9.89 Å². The molecule has 5 nitrogen and oxygen atoms in total. The Balaban J connectivity index is 1.84. The fraction of sp³-hybridized carbons (Fsp3) is 0.125. The predicted octanol–water partition coefficient (Wildman–Crippen LogP) is 2.96. The minimum absolute atomic E-state index is 0.190. The van der Waals surface area contributed by atoms with Gasteiger partial charge in [-0.1, -0.05) is 24.3 Å². The maximum Gasteiger partial charge on any atom is 0.256 e. The molecule has 0 aliphatic carbocycles. The van der Waals surface area contributed by atoms with Crippen LogP contribution in [0.1, 0.15) is 15.9 Å². The number of H-pyrrole nitrogens is 1. The maximum atomic E-state index is 12.3. The van der Waals surface area contributed by atoms with Crippen LogP contribution in [-0.2, 0) is 11.3 Å². The number of hydrogen-bond acceptors (Lipinski definition) is 3. The lowest BCUT2D eigenvalue weighted by atomic mass is 10.1. The lowest BCUT2D eigenvalue weighted by Gasteiger charge is -2.05. The molecular weight excluding hydrogens is 266 g/mol. The zero-order valence-electron chi connectivity index (χ0n) is 11.6. The number of carbonyl (C=O) groups excluding carboxylic acids is 1. The highest BCUT2D eigenvalue weighted by Crippen LogP contribution is 2.20. The standard InChI is InChI=1S/C16H15N3O2/c1-21-10-11-5-4-6-12(9-11)16(20)17-15-13-7-2-3-8-14(13)18-19-15/h2-9H,10H2,1H3,(H2,17,18,19,20). The molecule has 0 unspecified atom stereocenters. The van der Waals surface area contributed by atoms with Crippen molar-refractivity contribution >= 4 is 22.6 Å². The molecule has 106 valence electrons. The molecule has 2 aromatic carbocycles. The van der Waals surface area contributed by atoms with Crippen molar-refractivity contribution in [2.45, 2.75) is 6.61 Å². The molecule has 0 fully saturated rings. The van der Waals surface area contributed by atoms with Crippen LogP contribution in [0.5, 0.6) is 0 Å². The van der Waals surface area contributed by atoms with Gasteiger partial charge in [0.2, 0.25) is 0 Å². The molecule has 1 aromatic heterocycles. The molecule has 0 saturated carbocycles. The SMILES string of the molecule is COCc1cccc(C(=O)Nc2n[nH]c3ccccc23)c1. The first kappa shape index (κ1) is 13.3. The zero-order valence-corrected chi connectivity index (χ0v) is 11.6. The second kappa shape index (κ2) is 5.76. The van der Waals surface area contributed by atoms with Crippen molar-refractivity contribution < 1.29 is 9.53 Å². The monoisotopic (exact) mass is 281 g/mol. The molecule has 5 heteroatoms. The number of ether oxygens (including phenoxy) is 1. The van der Waals surface area contributed by atoms with Gasteiger partial charge in [-0.25, -0.2) is 0 Å². The quantitative estimate of drug-likeness (QED) is 0.772. The number of fused-ring (bicyclic) bond motifs is 1. The number of rotatable bonds is 4. The average molecular weight is 281 g/mol. The molecular formula is C16H15N3O2. The number of para-hydroxylation sites is 1. The summed E-state index contributed by atoms with van der Waals surface area (Å²) in [5.41, 5.74) is 2.43. The fourth-order valence-electron chi connectivity index (χ4n) is 2.21. The van der Waals surface area contributed by atoms with Gasteiger partial charge < -0.3 is 10.1 Å². The number of amides is 1. The van der Waals surface area contributed by atoms with Crippen molar-refractivity contribution in [3.05, 3.63) is 59.7 Å². The predicted molar refractivity (Wildman–Crippen MR) is 81.2 cm³/mol. The molecule has 3 aromatic rings. The van der Waals surface area contributed by atoms with E-state index in [0.29, 0.717) is 18.0 Å². The van der Waals surface area contributed by atoms with Gasteiger partial charge in [0.25, 0.3) is 5.91 Å². The molecule has 1 amide bonds. The van der Waals surface area contributed by atoms with Crippen LogP contribution in [0, 0.1) is 0 Å². The molecule has 21 heavy (non-hydrogen) atoms. The van der Waals surface area contributed by atoms with Crippen molar-refractivity contribution in [2.75, 3.05) is 12.4 Å². The Hall–Kier alpha value is -2.66. The van der Waals surface area contributed by atoms with E-state index in [9.17, 15) is 4.79 Å². The molecule has 0 aliphatic rings.